The Bertz CT molecular complexity index is 754. The van der Waals surface area contributed by atoms with E-state index in [1.807, 2.05) is 36.4 Å². The summed E-state index contributed by atoms with van der Waals surface area (Å²) in [7, 11) is 0. The van der Waals surface area contributed by atoms with Crippen molar-refractivity contribution >= 4 is 11.6 Å². The topological polar surface area (TPSA) is 56.8 Å². The van der Waals surface area contributed by atoms with Crippen LogP contribution in [0.15, 0.2) is 48.5 Å². The number of carbonyl (C=O) groups is 1. The van der Waals surface area contributed by atoms with Gasteiger partial charge in [-0.1, -0.05) is 32.3 Å². The van der Waals surface area contributed by atoms with Crippen LogP contribution in [0.1, 0.15) is 55.8 Å². The molecule has 0 aromatic heterocycles. The van der Waals surface area contributed by atoms with Crippen molar-refractivity contribution < 1.29 is 19.0 Å². The number of nitrogens with one attached hydrogen (secondary N) is 1. The third-order valence-electron chi connectivity index (χ3n) is 4.93. The first kappa shape index (κ1) is 21.2. The van der Waals surface area contributed by atoms with Gasteiger partial charge in [0.15, 0.2) is 0 Å². The largest absolute Gasteiger partial charge is 0.494 e. The molecule has 156 valence electrons. The van der Waals surface area contributed by atoms with E-state index >= 15 is 0 Å². The van der Waals surface area contributed by atoms with Crippen molar-refractivity contribution in [3.05, 3.63) is 54.1 Å². The Hall–Kier alpha value is -2.53. The second-order valence-corrected chi connectivity index (χ2v) is 7.36. The van der Waals surface area contributed by atoms with Gasteiger partial charge in [-0.3, -0.25) is 4.79 Å². The molecule has 5 heteroatoms. The number of carbonyl (C=O) groups excluding carboxylic acids is 1. The number of amides is 1. The summed E-state index contributed by atoms with van der Waals surface area (Å²) in [6, 6.07) is 14.7. The summed E-state index contributed by atoms with van der Waals surface area (Å²) in [6.45, 7) is 4.26. The number of benzene rings is 2. The normalized spacial score (nSPS) is 15.8. The molecule has 0 radical (unpaired) electrons. The second kappa shape index (κ2) is 11.5. The molecule has 5 nitrogen and oxygen atoms in total. The average molecular weight is 398 g/mol. The highest BCUT2D eigenvalue weighted by Crippen LogP contribution is 2.21. The van der Waals surface area contributed by atoms with Crippen molar-refractivity contribution in [3.63, 3.8) is 0 Å². The van der Waals surface area contributed by atoms with Crippen molar-refractivity contribution in [3.8, 4) is 11.5 Å². The Balaban J connectivity index is 1.47. The Morgan fingerprint density at radius 3 is 2.69 bits per heavy atom. The molecule has 1 aliphatic heterocycles. The third kappa shape index (κ3) is 7.09. The predicted molar refractivity (Wildman–Crippen MR) is 115 cm³/mol. The van der Waals surface area contributed by atoms with Crippen LogP contribution in [-0.2, 0) is 4.74 Å². The molecule has 3 rings (SSSR count). The number of unbranched alkanes of at least 4 members (excludes halogenated alkanes) is 3. The molecule has 1 N–H and O–H groups in total. The van der Waals surface area contributed by atoms with Gasteiger partial charge in [-0.05, 0) is 55.7 Å². The van der Waals surface area contributed by atoms with Crippen molar-refractivity contribution in [1.82, 2.24) is 0 Å². The fourth-order valence-electron chi connectivity index (χ4n) is 3.25. The van der Waals surface area contributed by atoms with Gasteiger partial charge >= 0.3 is 0 Å². The van der Waals surface area contributed by atoms with E-state index in [0.29, 0.717) is 24.5 Å². The summed E-state index contributed by atoms with van der Waals surface area (Å²) in [5.74, 6) is 1.36. The van der Waals surface area contributed by atoms with E-state index in [4.69, 9.17) is 14.2 Å². The van der Waals surface area contributed by atoms with Crippen LogP contribution < -0.4 is 14.8 Å². The van der Waals surface area contributed by atoms with Crippen LogP contribution in [0.25, 0.3) is 0 Å². The molecule has 0 spiro atoms. The lowest BCUT2D eigenvalue weighted by atomic mass is 10.2. The van der Waals surface area contributed by atoms with E-state index in [2.05, 4.69) is 12.2 Å². The molecule has 0 bridgehead atoms. The zero-order valence-electron chi connectivity index (χ0n) is 17.2. The SMILES string of the molecule is CCCCCCOc1ccc(C(=O)Nc2cccc(OCC3CCCO3)c2)cc1. The molecule has 1 fully saturated rings. The van der Waals surface area contributed by atoms with Gasteiger partial charge in [-0.15, -0.1) is 0 Å². The lowest BCUT2D eigenvalue weighted by molar-refractivity contribution is 0.0680. The second-order valence-electron chi connectivity index (χ2n) is 7.36. The van der Waals surface area contributed by atoms with Gasteiger partial charge in [0.25, 0.3) is 5.91 Å². The quantitative estimate of drug-likeness (QED) is 0.512. The van der Waals surface area contributed by atoms with Gasteiger partial charge < -0.3 is 19.5 Å². The van der Waals surface area contributed by atoms with E-state index in [9.17, 15) is 4.79 Å². The Kier molecular flexibility index (Phi) is 8.38. The van der Waals surface area contributed by atoms with Crippen LogP contribution in [0, 0.1) is 0 Å². The van der Waals surface area contributed by atoms with Crippen LogP contribution in [0.4, 0.5) is 5.69 Å². The molecule has 2 aromatic carbocycles. The fourth-order valence-corrected chi connectivity index (χ4v) is 3.25. The molecule has 1 amide bonds. The first-order chi connectivity index (χ1) is 14.2. The molecule has 1 unspecified atom stereocenters. The Labute approximate surface area is 173 Å². The zero-order chi connectivity index (χ0) is 20.3. The summed E-state index contributed by atoms with van der Waals surface area (Å²) in [4.78, 5) is 12.5. The number of hydrogen-bond donors (Lipinski definition) is 1. The molecule has 1 heterocycles. The lowest BCUT2D eigenvalue weighted by Crippen LogP contribution is -2.16. The number of ether oxygens (including phenoxy) is 3. The molecule has 1 aliphatic rings. The van der Waals surface area contributed by atoms with Crippen molar-refractivity contribution in [2.45, 2.75) is 51.6 Å². The minimum absolute atomic E-state index is 0.157. The van der Waals surface area contributed by atoms with Crippen molar-refractivity contribution in [1.29, 1.82) is 0 Å². The monoisotopic (exact) mass is 397 g/mol. The van der Waals surface area contributed by atoms with Gasteiger partial charge in [0.05, 0.1) is 12.7 Å². The molecule has 0 aliphatic carbocycles. The van der Waals surface area contributed by atoms with Crippen LogP contribution in [0.5, 0.6) is 11.5 Å². The fraction of sp³-hybridized carbons (Fsp3) is 0.458. The minimum atomic E-state index is -0.157. The maximum Gasteiger partial charge on any atom is 0.255 e. The molecule has 1 atom stereocenters. The number of rotatable bonds is 11. The van der Waals surface area contributed by atoms with Crippen LogP contribution in [0.3, 0.4) is 0 Å². The molecule has 29 heavy (non-hydrogen) atoms. The van der Waals surface area contributed by atoms with Gasteiger partial charge in [-0.25, -0.2) is 0 Å². The number of anilines is 1. The summed E-state index contributed by atoms with van der Waals surface area (Å²) in [6.07, 6.45) is 6.99. The van der Waals surface area contributed by atoms with Gasteiger partial charge in [0, 0.05) is 23.9 Å². The van der Waals surface area contributed by atoms with Crippen molar-refractivity contribution in [2.75, 3.05) is 25.1 Å². The molecular weight excluding hydrogens is 366 g/mol. The zero-order valence-corrected chi connectivity index (χ0v) is 17.2. The molecule has 0 saturated carbocycles. The maximum absolute atomic E-state index is 12.5. The molecular formula is C24H31NO4. The highest BCUT2D eigenvalue weighted by Gasteiger charge is 2.16. The Morgan fingerprint density at radius 2 is 1.93 bits per heavy atom. The van der Waals surface area contributed by atoms with E-state index < -0.39 is 0 Å². The predicted octanol–water partition coefficient (Wildman–Crippen LogP) is 5.46. The molecule has 1 saturated heterocycles. The van der Waals surface area contributed by atoms with Crippen LogP contribution in [-0.4, -0.2) is 31.8 Å². The third-order valence-corrected chi connectivity index (χ3v) is 4.93. The first-order valence-electron chi connectivity index (χ1n) is 10.6. The smallest absolute Gasteiger partial charge is 0.255 e. The Morgan fingerprint density at radius 1 is 1.07 bits per heavy atom. The van der Waals surface area contributed by atoms with Crippen LogP contribution in [0.2, 0.25) is 0 Å². The van der Waals surface area contributed by atoms with Gasteiger partial charge in [-0.2, -0.15) is 0 Å². The maximum atomic E-state index is 12.5. The minimum Gasteiger partial charge on any atom is -0.494 e. The summed E-state index contributed by atoms with van der Waals surface area (Å²) >= 11 is 0. The van der Waals surface area contributed by atoms with E-state index in [0.717, 1.165) is 37.4 Å². The average Bonchev–Trinajstić information content (AvgIpc) is 3.26. The van der Waals surface area contributed by atoms with Gasteiger partial charge in [0.1, 0.15) is 18.1 Å². The van der Waals surface area contributed by atoms with Crippen LogP contribution >= 0.6 is 0 Å². The standard InChI is InChI=1S/C24H31NO4/c1-2-3-4-5-15-27-21-13-11-19(12-14-21)24(26)25-20-8-6-9-22(17-20)29-18-23-10-7-16-28-23/h6,8-9,11-14,17,23H,2-5,7,10,15-16,18H2,1H3,(H,25,26). The lowest BCUT2D eigenvalue weighted by Gasteiger charge is -2.13. The van der Waals surface area contributed by atoms with Crippen molar-refractivity contribution in [2.24, 2.45) is 0 Å². The van der Waals surface area contributed by atoms with E-state index in [1.165, 1.54) is 19.3 Å². The van der Waals surface area contributed by atoms with Gasteiger partial charge in [0.2, 0.25) is 0 Å². The highest BCUT2D eigenvalue weighted by atomic mass is 16.5. The summed E-state index contributed by atoms with van der Waals surface area (Å²) in [5.41, 5.74) is 1.30. The summed E-state index contributed by atoms with van der Waals surface area (Å²) in [5, 5.41) is 2.92. The van der Waals surface area contributed by atoms with E-state index in [-0.39, 0.29) is 12.0 Å². The summed E-state index contributed by atoms with van der Waals surface area (Å²) < 4.78 is 17.1. The first-order valence-corrected chi connectivity index (χ1v) is 10.6. The molecule has 2 aromatic rings. The highest BCUT2D eigenvalue weighted by molar-refractivity contribution is 6.04. The number of hydrogen-bond acceptors (Lipinski definition) is 4. The van der Waals surface area contributed by atoms with E-state index in [1.54, 1.807) is 12.1 Å².